The topological polar surface area (TPSA) is 75.1 Å². The van der Waals surface area contributed by atoms with Gasteiger partial charge in [0.05, 0.1) is 19.9 Å². The van der Waals surface area contributed by atoms with E-state index in [1.165, 1.54) is 11.3 Å². The zero-order valence-corrected chi connectivity index (χ0v) is 17.7. The molecule has 0 bridgehead atoms. The van der Waals surface area contributed by atoms with Gasteiger partial charge in [-0.2, -0.15) is 0 Å². The van der Waals surface area contributed by atoms with E-state index in [0.717, 1.165) is 16.3 Å². The summed E-state index contributed by atoms with van der Waals surface area (Å²) < 4.78 is 10.6. The molecule has 7 nitrogen and oxygen atoms in total. The summed E-state index contributed by atoms with van der Waals surface area (Å²) in [5, 5.41) is 12.6. The number of carbonyl (C=O) groups is 1. The molecule has 156 valence electrons. The van der Waals surface area contributed by atoms with Crippen molar-refractivity contribution in [2.75, 3.05) is 45.3 Å². The molecule has 2 aromatic carbocycles. The number of nitrogens with zero attached hydrogens (tertiary/aromatic N) is 3. The van der Waals surface area contributed by atoms with Crippen LogP contribution in [0.25, 0.3) is 10.6 Å². The van der Waals surface area contributed by atoms with E-state index < -0.39 is 0 Å². The van der Waals surface area contributed by atoms with E-state index >= 15 is 0 Å². The van der Waals surface area contributed by atoms with Gasteiger partial charge in [-0.3, -0.25) is 4.79 Å². The summed E-state index contributed by atoms with van der Waals surface area (Å²) >= 11 is 1.43. The third-order valence-electron chi connectivity index (χ3n) is 5.14. The predicted molar refractivity (Wildman–Crippen MR) is 117 cm³/mol. The van der Waals surface area contributed by atoms with Crippen molar-refractivity contribution in [1.29, 1.82) is 0 Å². The lowest BCUT2D eigenvalue weighted by Crippen LogP contribution is -2.48. The molecule has 1 amide bonds. The zero-order chi connectivity index (χ0) is 21.1. The lowest BCUT2D eigenvalue weighted by atomic mass is 10.2. The maximum atomic E-state index is 12.9. The van der Waals surface area contributed by atoms with Crippen LogP contribution in [0.5, 0.6) is 17.2 Å². The van der Waals surface area contributed by atoms with E-state index in [1.807, 2.05) is 35.2 Å². The molecule has 0 aliphatic carbocycles. The van der Waals surface area contributed by atoms with Crippen LogP contribution in [0, 0.1) is 0 Å². The number of ether oxygens (including phenoxy) is 2. The van der Waals surface area contributed by atoms with Crippen LogP contribution in [0.4, 0.5) is 5.69 Å². The van der Waals surface area contributed by atoms with E-state index in [-0.39, 0.29) is 11.7 Å². The Bertz CT molecular complexity index is 1040. The molecule has 4 rings (SSSR count). The summed E-state index contributed by atoms with van der Waals surface area (Å²) in [5.74, 6) is 1.46. The highest BCUT2D eigenvalue weighted by Gasteiger charge is 2.25. The van der Waals surface area contributed by atoms with Crippen LogP contribution in [0.1, 0.15) is 10.5 Å². The van der Waals surface area contributed by atoms with Crippen molar-refractivity contribution < 1.29 is 19.4 Å². The van der Waals surface area contributed by atoms with Gasteiger partial charge in [0, 0.05) is 37.1 Å². The molecule has 3 aromatic rings. The van der Waals surface area contributed by atoms with Crippen LogP contribution >= 0.6 is 11.3 Å². The van der Waals surface area contributed by atoms with Crippen molar-refractivity contribution in [1.82, 2.24) is 9.88 Å². The van der Waals surface area contributed by atoms with Gasteiger partial charge in [-0.25, -0.2) is 4.98 Å². The lowest BCUT2D eigenvalue weighted by Gasteiger charge is -2.36. The summed E-state index contributed by atoms with van der Waals surface area (Å²) in [4.78, 5) is 21.4. The highest BCUT2D eigenvalue weighted by Crippen LogP contribution is 2.34. The van der Waals surface area contributed by atoms with Gasteiger partial charge in [0.2, 0.25) is 0 Å². The lowest BCUT2D eigenvalue weighted by molar-refractivity contribution is 0.0741. The van der Waals surface area contributed by atoms with Crippen LogP contribution in [0.2, 0.25) is 0 Å². The number of para-hydroxylation sites is 2. The molecular formula is C22H23N3O4S. The molecule has 8 heteroatoms. The highest BCUT2D eigenvalue weighted by atomic mass is 32.1. The van der Waals surface area contributed by atoms with Crippen molar-refractivity contribution >= 4 is 22.9 Å². The molecule has 1 aliphatic rings. The number of aromatic nitrogens is 1. The first-order valence-electron chi connectivity index (χ1n) is 9.61. The highest BCUT2D eigenvalue weighted by molar-refractivity contribution is 7.13. The zero-order valence-electron chi connectivity index (χ0n) is 16.9. The molecule has 1 saturated heterocycles. The quantitative estimate of drug-likeness (QED) is 0.674. The van der Waals surface area contributed by atoms with Gasteiger partial charge in [0.15, 0.2) is 11.5 Å². The number of phenolic OH excluding ortho intramolecular Hbond substituents is 1. The minimum atomic E-state index is -0.0742. The first-order chi connectivity index (χ1) is 14.6. The molecule has 30 heavy (non-hydrogen) atoms. The largest absolute Gasteiger partial charge is 0.506 e. The Hall–Kier alpha value is -3.26. The molecule has 0 spiro atoms. The number of hydrogen-bond donors (Lipinski definition) is 1. The van der Waals surface area contributed by atoms with E-state index in [9.17, 15) is 9.90 Å². The summed E-state index contributed by atoms with van der Waals surface area (Å²) in [6.07, 6.45) is 0. The van der Waals surface area contributed by atoms with Gasteiger partial charge in [-0.15, -0.1) is 11.3 Å². The number of benzene rings is 2. The number of thiazole rings is 1. The SMILES string of the molecule is COc1ccc(-c2nc(C(=O)N3CCN(c4ccccc4O)CC3)cs2)cc1OC. The minimum absolute atomic E-state index is 0.0742. The second-order valence-corrected chi connectivity index (χ2v) is 7.73. The third kappa shape index (κ3) is 3.91. The van der Waals surface area contributed by atoms with Gasteiger partial charge >= 0.3 is 0 Å². The first kappa shape index (κ1) is 20.0. The maximum Gasteiger partial charge on any atom is 0.273 e. The molecular weight excluding hydrogens is 402 g/mol. The van der Waals surface area contributed by atoms with Crippen molar-refractivity contribution in [3.8, 4) is 27.8 Å². The summed E-state index contributed by atoms with van der Waals surface area (Å²) in [6, 6.07) is 12.9. The number of phenols is 1. The normalized spacial score (nSPS) is 13.9. The standard InChI is InChI=1S/C22H23N3O4S/c1-28-19-8-7-15(13-20(19)29-2)21-23-16(14-30-21)22(27)25-11-9-24(10-12-25)17-5-3-4-6-18(17)26/h3-8,13-14,26H,9-12H2,1-2H3. The van der Waals surface area contributed by atoms with Crippen LogP contribution in [0.15, 0.2) is 47.8 Å². The minimum Gasteiger partial charge on any atom is -0.506 e. The van der Waals surface area contributed by atoms with Crippen molar-refractivity contribution in [3.63, 3.8) is 0 Å². The monoisotopic (exact) mass is 425 g/mol. The maximum absolute atomic E-state index is 12.9. The van der Waals surface area contributed by atoms with Crippen molar-refractivity contribution in [2.24, 2.45) is 0 Å². The molecule has 1 N–H and O–H groups in total. The Morgan fingerprint density at radius 2 is 1.77 bits per heavy atom. The third-order valence-corrected chi connectivity index (χ3v) is 6.03. The van der Waals surface area contributed by atoms with E-state index in [0.29, 0.717) is 43.4 Å². The van der Waals surface area contributed by atoms with Crippen LogP contribution in [-0.4, -0.2) is 61.3 Å². The Morgan fingerprint density at radius 1 is 1.03 bits per heavy atom. The number of amides is 1. The second-order valence-electron chi connectivity index (χ2n) is 6.88. The number of hydrogen-bond acceptors (Lipinski definition) is 7. The molecule has 0 unspecified atom stereocenters. The average molecular weight is 426 g/mol. The van der Waals surface area contributed by atoms with Gasteiger partial charge in [-0.05, 0) is 30.3 Å². The van der Waals surface area contributed by atoms with Crippen LogP contribution in [-0.2, 0) is 0 Å². The molecule has 0 radical (unpaired) electrons. The van der Waals surface area contributed by atoms with Gasteiger partial charge < -0.3 is 24.4 Å². The number of piperazine rings is 1. The van der Waals surface area contributed by atoms with E-state index in [2.05, 4.69) is 9.88 Å². The van der Waals surface area contributed by atoms with Gasteiger partial charge in [-0.1, -0.05) is 12.1 Å². The molecule has 1 aromatic heterocycles. The Balaban J connectivity index is 1.44. The predicted octanol–water partition coefficient (Wildman–Crippen LogP) is 3.50. The molecule has 1 aliphatic heterocycles. The van der Waals surface area contributed by atoms with Crippen molar-refractivity contribution in [3.05, 3.63) is 53.5 Å². The molecule has 0 saturated carbocycles. The van der Waals surface area contributed by atoms with Gasteiger partial charge in [0.25, 0.3) is 5.91 Å². The van der Waals surface area contributed by atoms with E-state index in [1.54, 1.807) is 31.7 Å². The second kappa shape index (κ2) is 8.62. The van der Waals surface area contributed by atoms with E-state index in [4.69, 9.17) is 9.47 Å². The Kier molecular flexibility index (Phi) is 5.76. The summed E-state index contributed by atoms with van der Waals surface area (Å²) in [6.45, 7) is 2.48. The Morgan fingerprint density at radius 3 is 2.47 bits per heavy atom. The van der Waals surface area contributed by atoms with Gasteiger partial charge in [0.1, 0.15) is 16.5 Å². The number of aromatic hydroxyl groups is 1. The molecule has 1 fully saturated rings. The number of anilines is 1. The summed E-state index contributed by atoms with van der Waals surface area (Å²) in [7, 11) is 3.18. The first-order valence-corrected chi connectivity index (χ1v) is 10.5. The average Bonchev–Trinajstić information content (AvgIpc) is 3.29. The van der Waals surface area contributed by atoms with Crippen molar-refractivity contribution in [2.45, 2.75) is 0 Å². The van der Waals surface area contributed by atoms with Crippen LogP contribution in [0.3, 0.4) is 0 Å². The number of carbonyl (C=O) groups excluding carboxylic acids is 1. The Labute approximate surface area is 179 Å². The number of rotatable bonds is 5. The molecule has 2 heterocycles. The fourth-order valence-corrected chi connectivity index (χ4v) is 4.31. The smallest absolute Gasteiger partial charge is 0.273 e. The molecule has 0 atom stereocenters. The fraction of sp³-hybridized carbons (Fsp3) is 0.273. The summed E-state index contributed by atoms with van der Waals surface area (Å²) in [5.41, 5.74) is 2.12. The number of methoxy groups -OCH3 is 2. The van der Waals surface area contributed by atoms with Crippen LogP contribution < -0.4 is 14.4 Å². The fourth-order valence-electron chi connectivity index (χ4n) is 3.52.